The van der Waals surface area contributed by atoms with Crippen LogP contribution in [0, 0.1) is 0 Å². The SMILES string of the molecule is CC(C)c1ccc2c(c1)c1cccnc1n2C1CCC(=O)N(F)C1=O. The second-order valence-electron chi connectivity index (χ2n) is 6.74. The fourth-order valence-electron chi connectivity index (χ4n) is 3.54. The molecule has 1 fully saturated rings. The van der Waals surface area contributed by atoms with Crippen LogP contribution in [0.15, 0.2) is 36.5 Å². The molecule has 0 aliphatic carbocycles. The Labute approximate surface area is 144 Å². The van der Waals surface area contributed by atoms with Crippen LogP contribution in [-0.2, 0) is 9.59 Å². The fourth-order valence-corrected chi connectivity index (χ4v) is 3.54. The molecule has 3 heterocycles. The van der Waals surface area contributed by atoms with Crippen molar-refractivity contribution >= 4 is 33.8 Å². The van der Waals surface area contributed by atoms with Crippen molar-refractivity contribution in [3.63, 3.8) is 0 Å². The number of nitrogens with zero attached hydrogens (tertiary/aromatic N) is 3. The number of hydrogen-bond acceptors (Lipinski definition) is 3. The molecule has 1 saturated heterocycles. The number of carbonyl (C=O) groups excluding carboxylic acids is 2. The maximum absolute atomic E-state index is 13.9. The highest BCUT2D eigenvalue weighted by molar-refractivity contribution is 6.08. The third-order valence-corrected chi connectivity index (χ3v) is 4.89. The normalized spacial score (nSPS) is 18.7. The molecule has 5 nitrogen and oxygen atoms in total. The van der Waals surface area contributed by atoms with Gasteiger partial charge in [0.1, 0.15) is 11.7 Å². The van der Waals surface area contributed by atoms with E-state index in [0.717, 1.165) is 16.3 Å². The summed E-state index contributed by atoms with van der Waals surface area (Å²) in [5.74, 6) is -1.24. The Kier molecular flexibility index (Phi) is 3.56. The van der Waals surface area contributed by atoms with Gasteiger partial charge in [-0.2, -0.15) is 0 Å². The van der Waals surface area contributed by atoms with E-state index in [-0.39, 0.29) is 18.0 Å². The van der Waals surface area contributed by atoms with Crippen LogP contribution in [0.1, 0.15) is 44.2 Å². The molecule has 1 aromatic carbocycles. The molecule has 0 N–H and O–H groups in total. The van der Waals surface area contributed by atoms with E-state index in [1.54, 1.807) is 10.8 Å². The largest absolute Gasteiger partial charge is 0.313 e. The third-order valence-electron chi connectivity index (χ3n) is 4.89. The summed E-state index contributed by atoms with van der Waals surface area (Å²) in [5.41, 5.74) is 2.66. The predicted octanol–water partition coefficient (Wildman–Crippen LogP) is 3.89. The molecule has 6 heteroatoms. The molecule has 2 aromatic heterocycles. The number of hydrogen-bond donors (Lipinski definition) is 0. The first-order valence-corrected chi connectivity index (χ1v) is 8.40. The molecule has 0 saturated carbocycles. The molecule has 128 valence electrons. The van der Waals surface area contributed by atoms with E-state index in [4.69, 9.17) is 0 Å². The Hall–Kier alpha value is -2.76. The minimum atomic E-state index is -0.825. The lowest BCUT2D eigenvalue weighted by atomic mass is 10.0. The Morgan fingerprint density at radius 3 is 2.76 bits per heavy atom. The number of pyridine rings is 1. The van der Waals surface area contributed by atoms with Crippen molar-refractivity contribution in [2.24, 2.45) is 0 Å². The van der Waals surface area contributed by atoms with Gasteiger partial charge in [0.15, 0.2) is 0 Å². The summed E-state index contributed by atoms with van der Waals surface area (Å²) >= 11 is 0. The van der Waals surface area contributed by atoms with Crippen LogP contribution in [0.4, 0.5) is 4.48 Å². The van der Waals surface area contributed by atoms with Gasteiger partial charge in [-0.15, -0.1) is 5.12 Å². The summed E-state index contributed by atoms with van der Waals surface area (Å²) in [5, 5.41) is 1.66. The maximum atomic E-state index is 13.9. The number of halogens is 1. The van der Waals surface area contributed by atoms with Crippen LogP contribution < -0.4 is 0 Å². The highest BCUT2D eigenvalue weighted by Gasteiger charge is 2.37. The van der Waals surface area contributed by atoms with Crippen LogP contribution in [-0.4, -0.2) is 26.5 Å². The highest BCUT2D eigenvalue weighted by Crippen LogP contribution is 2.36. The number of imide groups is 1. The third kappa shape index (κ3) is 2.32. The molecular formula is C19H18FN3O2. The number of amides is 2. The molecule has 1 aliphatic rings. The van der Waals surface area contributed by atoms with E-state index in [1.165, 1.54) is 5.56 Å². The summed E-state index contributed by atoms with van der Waals surface area (Å²) in [6.45, 7) is 4.24. The van der Waals surface area contributed by atoms with Gasteiger partial charge in [0.25, 0.3) is 11.8 Å². The summed E-state index contributed by atoms with van der Waals surface area (Å²) in [6, 6.07) is 9.12. The topological polar surface area (TPSA) is 55.2 Å². The Morgan fingerprint density at radius 1 is 1.20 bits per heavy atom. The van der Waals surface area contributed by atoms with E-state index < -0.39 is 17.9 Å². The van der Waals surface area contributed by atoms with E-state index in [9.17, 15) is 14.1 Å². The second-order valence-corrected chi connectivity index (χ2v) is 6.74. The van der Waals surface area contributed by atoms with E-state index in [0.29, 0.717) is 11.6 Å². The summed E-state index contributed by atoms with van der Waals surface area (Å²) in [6.07, 6.45) is 1.94. The first kappa shape index (κ1) is 15.7. The molecule has 0 radical (unpaired) electrons. The van der Waals surface area contributed by atoms with Crippen molar-refractivity contribution in [2.45, 2.75) is 38.6 Å². The van der Waals surface area contributed by atoms with Gasteiger partial charge in [-0.05, 0) is 42.2 Å². The van der Waals surface area contributed by atoms with Gasteiger partial charge in [0, 0.05) is 23.4 Å². The summed E-state index contributed by atoms with van der Waals surface area (Å²) < 4.78 is 15.7. The zero-order valence-electron chi connectivity index (χ0n) is 14.1. The van der Waals surface area contributed by atoms with Gasteiger partial charge in [0.05, 0.1) is 5.52 Å². The summed E-state index contributed by atoms with van der Waals surface area (Å²) in [7, 11) is 0. The molecule has 3 aromatic rings. The van der Waals surface area contributed by atoms with Crippen LogP contribution in [0.25, 0.3) is 21.9 Å². The number of rotatable bonds is 2. The fraction of sp³-hybridized carbons (Fsp3) is 0.316. The van der Waals surface area contributed by atoms with Gasteiger partial charge < -0.3 is 4.57 Å². The van der Waals surface area contributed by atoms with E-state index >= 15 is 0 Å². The zero-order chi connectivity index (χ0) is 17.7. The number of carbonyl (C=O) groups is 2. The monoisotopic (exact) mass is 339 g/mol. The standard InChI is InChI=1S/C19H18FN3O2/c1-11(2)12-5-6-15-14(10-12)13-4-3-9-21-18(13)22(15)16-7-8-17(24)23(20)19(16)25/h3-6,9-11,16H,7-8H2,1-2H3. The van der Waals surface area contributed by atoms with Crippen LogP contribution in [0.3, 0.4) is 0 Å². The molecule has 1 aliphatic heterocycles. The van der Waals surface area contributed by atoms with Crippen molar-refractivity contribution in [1.29, 1.82) is 0 Å². The predicted molar refractivity (Wildman–Crippen MR) is 92.6 cm³/mol. The van der Waals surface area contributed by atoms with Gasteiger partial charge >= 0.3 is 0 Å². The second kappa shape index (κ2) is 5.65. The molecule has 4 rings (SSSR count). The number of piperidine rings is 1. The van der Waals surface area contributed by atoms with Crippen LogP contribution in [0.5, 0.6) is 0 Å². The van der Waals surface area contributed by atoms with Crippen LogP contribution >= 0.6 is 0 Å². The lowest BCUT2D eigenvalue weighted by molar-refractivity contribution is -0.168. The van der Waals surface area contributed by atoms with Crippen molar-refractivity contribution in [3.05, 3.63) is 42.1 Å². The minimum absolute atomic E-state index is 0.00494. The van der Waals surface area contributed by atoms with Crippen molar-refractivity contribution in [2.75, 3.05) is 0 Å². The quantitative estimate of drug-likeness (QED) is 0.526. The van der Waals surface area contributed by atoms with Gasteiger partial charge in [-0.3, -0.25) is 9.59 Å². The van der Waals surface area contributed by atoms with Gasteiger partial charge in [-0.1, -0.05) is 24.4 Å². The molecule has 0 spiro atoms. The number of fused-ring (bicyclic) bond motifs is 3. The average molecular weight is 339 g/mol. The maximum Gasteiger partial charge on any atom is 0.280 e. The Balaban J connectivity index is 1.99. The highest BCUT2D eigenvalue weighted by atomic mass is 19.2. The molecule has 2 amide bonds. The average Bonchev–Trinajstić information content (AvgIpc) is 2.94. The lowest BCUT2D eigenvalue weighted by Crippen LogP contribution is -2.40. The molecular weight excluding hydrogens is 321 g/mol. The van der Waals surface area contributed by atoms with Gasteiger partial charge in [-0.25, -0.2) is 4.98 Å². The van der Waals surface area contributed by atoms with Crippen LogP contribution in [0.2, 0.25) is 0 Å². The van der Waals surface area contributed by atoms with Crippen molar-refractivity contribution < 1.29 is 14.1 Å². The van der Waals surface area contributed by atoms with E-state index in [2.05, 4.69) is 24.9 Å². The number of benzene rings is 1. The lowest BCUT2D eigenvalue weighted by Gasteiger charge is -2.26. The van der Waals surface area contributed by atoms with E-state index in [1.807, 2.05) is 24.3 Å². The molecule has 25 heavy (non-hydrogen) atoms. The van der Waals surface area contributed by atoms with Crippen molar-refractivity contribution in [1.82, 2.24) is 14.7 Å². The first-order valence-electron chi connectivity index (χ1n) is 8.40. The minimum Gasteiger partial charge on any atom is -0.313 e. The summed E-state index contributed by atoms with van der Waals surface area (Å²) in [4.78, 5) is 28.3. The Morgan fingerprint density at radius 2 is 2.00 bits per heavy atom. The number of aromatic nitrogens is 2. The zero-order valence-corrected chi connectivity index (χ0v) is 14.1. The van der Waals surface area contributed by atoms with Crippen molar-refractivity contribution in [3.8, 4) is 0 Å². The van der Waals surface area contributed by atoms with Gasteiger partial charge in [0.2, 0.25) is 0 Å². The smallest absolute Gasteiger partial charge is 0.280 e. The Bertz CT molecular complexity index is 1010. The molecule has 1 atom stereocenters. The molecule has 0 bridgehead atoms. The molecule has 1 unspecified atom stereocenters. The first-order chi connectivity index (χ1) is 12.0.